The van der Waals surface area contributed by atoms with Crippen LogP contribution in [0.15, 0.2) is 70.4 Å². The van der Waals surface area contributed by atoms with Crippen LogP contribution in [0, 0.1) is 0 Å². The molecular formula is C23H23N5O3S2. The minimum atomic E-state index is -0.125. The Kier molecular flexibility index (Phi) is 7.94. The zero-order valence-corrected chi connectivity index (χ0v) is 19.6. The number of hydrazone groups is 1. The number of aromatic nitrogens is 3. The molecule has 1 amide bonds. The number of hydrogen-bond donors (Lipinski definition) is 1. The van der Waals surface area contributed by atoms with Gasteiger partial charge in [-0.3, -0.25) is 4.79 Å². The smallest absolute Gasteiger partial charge is 0.240 e. The molecule has 170 valence electrons. The Bertz CT molecular complexity index is 1190. The van der Waals surface area contributed by atoms with E-state index in [0.29, 0.717) is 17.9 Å². The number of nitrogens with one attached hydrogen (secondary N) is 1. The number of para-hydroxylation sites is 1. The van der Waals surface area contributed by atoms with Crippen molar-refractivity contribution in [2.45, 2.75) is 23.9 Å². The Labute approximate surface area is 199 Å². The van der Waals surface area contributed by atoms with Gasteiger partial charge in [-0.05, 0) is 48.4 Å². The summed E-state index contributed by atoms with van der Waals surface area (Å²) < 4.78 is 15.0. The molecule has 0 fully saturated rings. The molecular weight excluding hydrogens is 458 g/mol. The molecule has 0 aliphatic heterocycles. The molecule has 0 aliphatic carbocycles. The number of carbonyl (C=O) groups is 1. The molecule has 0 bridgehead atoms. The van der Waals surface area contributed by atoms with Crippen molar-refractivity contribution in [1.82, 2.24) is 20.2 Å². The number of carbonyl (C=O) groups excluding carboxylic acids is 1. The van der Waals surface area contributed by atoms with E-state index in [2.05, 4.69) is 26.7 Å². The van der Waals surface area contributed by atoms with Gasteiger partial charge < -0.3 is 9.47 Å². The van der Waals surface area contributed by atoms with Crippen molar-refractivity contribution in [2.75, 3.05) is 12.9 Å². The summed E-state index contributed by atoms with van der Waals surface area (Å²) in [5.74, 6) is 1.87. The summed E-state index contributed by atoms with van der Waals surface area (Å²) in [5.41, 5.74) is 4.37. The Morgan fingerprint density at radius 3 is 2.97 bits per heavy atom. The summed E-state index contributed by atoms with van der Waals surface area (Å²) >= 11 is 3.35. The van der Waals surface area contributed by atoms with Gasteiger partial charge >= 0.3 is 0 Å². The average molecular weight is 482 g/mol. The summed E-state index contributed by atoms with van der Waals surface area (Å²) in [7, 11) is 1.58. The molecule has 8 nitrogen and oxygen atoms in total. The average Bonchev–Trinajstić information content (AvgIpc) is 3.50. The number of hydrogen-bond acceptors (Lipinski definition) is 8. The van der Waals surface area contributed by atoms with Crippen LogP contribution in [0.3, 0.4) is 0 Å². The van der Waals surface area contributed by atoms with Gasteiger partial charge in [0, 0.05) is 24.6 Å². The molecule has 33 heavy (non-hydrogen) atoms. The quantitative estimate of drug-likeness (QED) is 0.146. The first-order chi connectivity index (χ1) is 16.2. The van der Waals surface area contributed by atoms with E-state index in [9.17, 15) is 4.79 Å². The summed E-state index contributed by atoms with van der Waals surface area (Å²) in [4.78, 5) is 16.7. The number of methoxy groups -OCH3 is 1. The van der Waals surface area contributed by atoms with E-state index in [0.717, 1.165) is 27.6 Å². The van der Waals surface area contributed by atoms with Crippen LogP contribution < -0.4 is 14.9 Å². The van der Waals surface area contributed by atoms with Crippen LogP contribution >= 0.6 is 23.1 Å². The van der Waals surface area contributed by atoms with Crippen molar-refractivity contribution in [3.05, 3.63) is 66.5 Å². The zero-order valence-electron chi connectivity index (χ0n) is 18.0. The normalized spacial score (nSPS) is 11.2. The summed E-state index contributed by atoms with van der Waals surface area (Å²) in [6.07, 6.45) is 6.22. The minimum Gasteiger partial charge on any atom is -0.493 e. The Morgan fingerprint density at radius 2 is 2.15 bits per heavy atom. The molecule has 0 aliphatic rings. The zero-order chi connectivity index (χ0) is 22.9. The second-order valence-electron chi connectivity index (χ2n) is 6.92. The van der Waals surface area contributed by atoms with E-state index >= 15 is 0 Å². The lowest BCUT2D eigenvalue weighted by atomic mass is 10.2. The first kappa shape index (κ1) is 22.8. The second-order valence-corrected chi connectivity index (χ2v) is 9.29. The lowest BCUT2D eigenvalue weighted by molar-refractivity contribution is -0.121. The number of thioether (sulfide) groups is 1. The third-order valence-electron chi connectivity index (χ3n) is 4.55. The van der Waals surface area contributed by atoms with Gasteiger partial charge in [0.15, 0.2) is 22.6 Å². The van der Waals surface area contributed by atoms with Crippen molar-refractivity contribution in [2.24, 2.45) is 5.10 Å². The van der Waals surface area contributed by atoms with E-state index in [-0.39, 0.29) is 12.6 Å². The van der Waals surface area contributed by atoms with Gasteiger partial charge in [-0.2, -0.15) is 10.2 Å². The van der Waals surface area contributed by atoms with Gasteiger partial charge in [-0.1, -0.05) is 23.9 Å². The summed E-state index contributed by atoms with van der Waals surface area (Å²) in [6, 6.07) is 15.3. The maximum atomic E-state index is 12.1. The van der Waals surface area contributed by atoms with E-state index < -0.39 is 0 Å². The molecule has 0 atom stereocenters. The molecule has 2 heterocycles. The molecule has 0 saturated carbocycles. The number of ether oxygens (including phenoxy) is 2. The number of rotatable bonds is 11. The Hall–Kier alpha value is -3.37. The van der Waals surface area contributed by atoms with Crippen LogP contribution in [0.5, 0.6) is 11.5 Å². The maximum absolute atomic E-state index is 12.1. The maximum Gasteiger partial charge on any atom is 0.240 e. The van der Waals surface area contributed by atoms with Crippen LogP contribution in [-0.4, -0.2) is 39.7 Å². The van der Waals surface area contributed by atoms with Crippen molar-refractivity contribution in [1.29, 1.82) is 0 Å². The number of nitrogens with zero attached hydrogens (tertiary/aromatic N) is 4. The highest BCUT2D eigenvalue weighted by atomic mass is 32.2. The van der Waals surface area contributed by atoms with Gasteiger partial charge in [0.2, 0.25) is 5.91 Å². The molecule has 4 rings (SSSR count). The fourth-order valence-corrected chi connectivity index (χ4v) is 5.02. The highest BCUT2D eigenvalue weighted by Crippen LogP contribution is 2.30. The predicted molar refractivity (Wildman–Crippen MR) is 131 cm³/mol. The molecule has 0 radical (unpaired) electrons. The topological polar surface area (TPSA) is 90.6 Å². The fraction of sp³-hybridized carbons (Fsp3) is 0.217. The molecule has 2 aromatic carbocycles. The fourth-order valence-electron chi connectivity index (χ4n) is 2.94. The van der Waals surface area contributed by atoms with Crippen LogP contribution in [0.4, 0.5) is 0 Å². The molecule has 0 spiro atoms. The first-order valence-corrected chi connectivity index (χ1v) is 12.1. The van der Waals surface area contributed by atoms with Crippen molar-refractivity contribution >= 4 is 45.4 Å². The first-order valence-electron chi connectivity index (χ1n) is 10.3. The molecule has 0 saturated heterocycles. The van der Waals surface area contributed by atoms with Crippen molar-refractivity contribution in [3.8, 4) is 11.5 Å². The lowest BCUT2D eigenvalue weighted by Gasteiger charge is -2.11. The van der Waals surface area contributed by atoms with Crippen molar-refractivity contribution < 1.29 is 14.3 Å². The Morgan fingerprint density at radius 1 is 1.24 bits per heavy atom. The van der Waals surface area contributed by atoms with Crippen LogP contribution in [0.2, 0.25) is 0 Å². The monoisotopic (exact) mass is 481 g/mol. The van der Waals surface area contributed by atoms with Crippen LogP contribution in [0.1, 0.15) is 18.4 Å². The molecule has 2 aromatic heterocycles. The van der Waals surface area contributed by atoms with Gasteiger partial charge in [0.05, 0.1) is 23.5 Å². The number of fused-ring (bicyclic) bond motifs is 1. The number of thiazole rings is 1. The third kappa shape index (κ3) is 6.56. The lowest BCUT2D eigenvalue weighted by Crippen LogP contribution is -2.17. The second kappa shape index (κ2) is 11.5. The SMILES string of the molecule is COc1ccc(/C=N/NC(=O)CCCSc2nc3ccccc3s2)cc1OCn1cccn1. The third-order valence-corrected chi connectivity index (χ3v) is 6.82. The van der Waals surface area contributed by atoms with Gasteiger partial charge in [0.1, 0.15) is 0 Å². The van der Waals surface area contributed by atoms with Gasteiger partial charge in [-0.25, -0.2) is 15.1 Å². The minimum absolute atomic E-state index is 0.125. The van der Waals surface area contributed by atoms with Gasteiger partial charge in [-0.15, -0.1) is 11.3 Å². The van der Waals surface area contributed by atoms with Gasteiger partial charge in [0.25, 0.3) is 0 Å². The molecule has 1 N–H and O–H groups in total. The highest BCUT2D eigenvalue weighted by Gasteiger charge is 2.07. The van der Waals surface area contributed by atoms with E-state index in [1.807, 2.05) is 36.5 Å². The molecule has 10 heteroatoms. The molecule has 4 aromatic rings. The van der Waals surface area contributed by atoms with Crippen molar-refractivity contribution in [3.63, 3.8) is 0 Å². The van der Waals surface area contributed by atoms with E-state index in [1.165, 1.54) is 4.70 Å². The number of benzene rings is 2. The highest BCUT2D eigenvalue weighted by molar-refractivity contribution is 8.01. The molecule has 0 unspecified atom stereocenters. The summed E-state index contributed by atoms with van der Waals surface area (Å²) in [6.45, 7) is 0.260. The number of amides is 1. The van der Waals surface area contributed by atoms with Crippen LogP contribution in [0.25, 0.3) is 10.2 Å². The summed E-state index contributed by atoms with van der Waals surface area (Å²) in [5, 5.41) is 8.17. The largest absolute Gasteiger partial charge is 0.493 e. The predicted octanol–water partition coefficient (Wildman–Crippen LogP) is 4.56. The van der Waals surface area contributed by atoms with E-state index in [1.54, 1.807) is 59.4 Å². The van der Waals surface area contributed by atoms with Crippen LogP contribution in [-0.2, 0) is 11.5 Å². The standard InChI is InChI=1S/C23H23N5O3S2/c1-30-19-10-9-17(14-20(19)31-16-28-12-5-11-25-28)15-24-27-22(29)8-4-13-32-23-26-18-6-2-3-7-21(18)33-23/h2-3,5-7,9-12,14-15H,4,8,13,16H2,1H3,(H,27,29)/b24-15+. The Balaban J connectivity index is 1.21. The van der Waals surface area contributed by atoms with E-state index in [4.69, 9.17) is 9.47 Å².